The lowest BCUT2D eigenvalue weighted by Crippen LogP contribution is -2.28. The fourth-order valence-corrected chi connectivity index (χ4v) is 4.51. The fraction of sp³-hybridized carbons (Fsp3) is 0.438. The summed E-state index contributed by atoms with van der Waals surface area (Å²) in [4.78, 5) is 12.5. The van der Waals surface area contributed by atoms with Gasteiger partial charge in [-0.05, 0) is 37.5 Å². The Hall–Kier alpha value is -2.27. The molecule has 0 radical (unpaired) electrons. The summed E-state index contributed by atoms with van der Waals surface area (Å²) in [5.41, 5.74) is 1.46. The molecule has 11 heteroatoms. The number of carbonyl (C=O) groups excluding carboxylic acids is 1. The minimum atomic E-state index is -3.52. The molecule has 3 rings (SSSR count). The van der Waals surface area contributed by atoms with Crippen LogP contribution < -0.4 is 5.32 Å². The second kappa shape index (κ2) is 6.41. The van der Waals surface area contributed by atoms with Gasteiger partial charge >= 0.3 is 11.8 Å². The first kappa shape index (κ1) is 19.5. The van der Waals surface area contributed by atoms with Crippen LogP contribution in [0.5, 0.6) is 0 Å². The molecule has 9 nitrogen and oxygen atoms in total. The Bertz CT molecular complexity index is 1120. The monoisotopic (exact) mass is 413 g/mol. The number of nitrogens with one attached hydrogen (secondary N) is 1. The van der Waals surface area contributed by atoms with Crippen molar-refractivity contribution in [2.24, 2.45) is 0 Å². The summed E-state index contributed by atoms with van der Waals surface area (Å²) in [6.07, 6.45) is 1.50. The molecule has 0 saturated carbocycles. The molecule has 146 valence electrons. The zero-order valence-electron chi connectivity index (χ0n) is 15.0. The summed E-state index contributed by atoms with van der Waals surface area (Å²) in [6, 6.07) is 4.92. The first-order valence-corrected chi connectivity index (χ1v) is 11.6. The van der Waals surface area contributed by atoms with Crippen molar-refractivity contribution in [2.75, 3.05) is 12.0 Å². The summed E-state index contributed by atoms with van der Waals surface area (Å²) in [5, 5.41) is 9.88. The van der Waals surface area contributed by atoms with E-state index in [9.17, 15) is 21.6 Å². The van der Waals surface area contributed by atoms with Crippen LogP contribution in [0.4, 0.5) is 0 Å². The Morgan fingerprint density at radius 2 is 2.00 bits per heavy atom. The van der Waals surface area contributed by atoms with Crippen molar-refractivity contribution in [3.05, 3.63) is 41.1 Å². The van der Waals surface area contributed by atoms with Gasteiger partial charge in [0, 0.05) is 12.8 Å². The topological polar surface area (TPSA) is 136 Å². The molecule has 1 aromatic heterocycles. The molecule has 1 aliphatic heterocycles. The fourth-order valence-electron chi connectivity index (χ4n) is 2.57. The van der Waals surface area contributed by atoms with Crippen LogP contribution in [0, 0.1) is 0 Å². The second-order valence-corrected chi connectivity index (χ2v) is 11.5. The summed E-state index contributed by atoms with van der Waals surface area (Å²) in [7, 11) is -6.71. The van der Waals surface area contributed by atoms with Crippen LogP contribution in [-0.2, 0) is 37.4 Å². The van der Waals surface area contributed by atoms with Gasteiger partial charge in [0.2, 0.25) is 5.89 Å². The summed E-state index contributed by atoms with van der Waals surface area (Å²) in [6.45, 7) is 2.96. The molecule has 1 aromatic carbocycles. The van der Waals surface area contributed by atoms with Gasteiger partial charge in [-0.2, -0.15) is 0 Å². The number of aryl methyl sites for hydroxylation is 1. The standard InChI is InChI=1S/C16H19N3O6S2/c1-16(2,26(3,21)22)15-19-18-14(25-15)13(20)17-9-10-4-5-12-11(8-10)6-7-27(12,23)24/h4-5,8H,6-7,9H2,1-3H3,(H,17,20). The molecule has 0 bridgehead atoms. The maximum atomic E-state index is 12.2. The third-order valence-electron chi connectivity index (χ3n) is 4.61. The largest absolute Gasteiger partial charge is 0.415 e. The summed E-state index contributed by atoms with van der Waals surface area (Å²) < 4.78 is 51.1. The summed E-state index contributed by atoms with van der Waals surface area (Å²) in [5.74, 6) is -1.06. The van der Waals surface area contributed by atoms with E-state index in [0.29, 0.717) is 11.3 Å². The normalized spacial score (nSPS) is 16.1. The molecule has 0 fully saturated rings. The van der Waals surface area contributed by atoms with Gasteiger partial charge in [-0.25, -0.2) is 16.8 Å². The Kier molecular flexibility index (Phi) is 4.63. The third kappa shape index (κ3) is 3.61. The van der Waals surface area contributed by atoms with Crippen LogP contribution >= 0.6 is 0 Å². The molecular formula is C16H19N3O6S2. The van der Waals surface area contributed by atoms with Gasteiger partial charge in [0.1, 0.15) is 4.75 Å². The van der Waals surface area contributed by atoms with Gasteiger partial charge in [-0.1, -0.05) is 12.1 Å². The van der Waals surface area contributed by atoms with Gasteiger partial charge in [-0.15, -0.1) is 10.2 Å². The van der Waals surface area contributed by atoms with Crippen LogP contribution in [0.15, 0.2) is 27.5 Å². The minimum Gasteiger partial charge on any atom is -0.415 e. The highest BCUT2D eigenvalue weighted by Gasteiger charge is 2.38. The summed E-state index contributed by atoms with van der Waals surface area (Å²) >= 11 is 0. The van der Waals surface area contributed by atoms with Crippen molar-refractivity contribution in [3.8, 4) is 0 Å². The molecule has 0 spiro atoms. The van der Waals surface area contributed by atoms with Gasteiger partial charge in [0.15, 0.2) is 19.7 Å². The van der Waals surface area contributed by atoms with E-state index in [-0.39, 0.29) is 24.1 Å². The molecule has 0 atom stereocenters. The number of amides is 1. The first-order valence-electron chi connectivity index (χ1n) is 8.08. The smallest absolute Gasteiger partial charge is 0.309 e. The minimum absolute atomic E-state index is 0.0963. The molecule has 0 unspecified atom stereocenters. The van der Waals surface area contributed by atoms with E-state index in [1.165, 1.54) is 13.8 Å². The molecule has 27 heavy (non-hydrogen) atoms. The molecule has 2 heterocycles. The Morgan fingerprint density at radius 1 is 1.30 bits per heavy atom. The van der Waals surface area contributed by atoms with Crippen molar-refractivity contribution in [2.45, 2.75) is 36.5 Å². The van der Waals surface area contributed by atoms with Gasteiger partial charge in [0.05, 0.1) is 10.6 Å². The predicted molar refractivity (Wildman–Crippen MR) is 95.5 cm³/mol. The highest BCUT2D eigenvalue weighted by molar-refractivity contribution is 7.92. The molecule has 2 aromatic rings. The van der Waals surface area contributed by atoms with Crippen molar-refractivity contribution in [1.82, 2.24) is 15.5 Å². The van der Waals surface area contributed by atoms with Crippen LogP contribution in [0.3, 0.4) is 0 Å². The number of hydrogen-bond donors (Lipinski definition) is 1. The lowest BCUT2D eigenvalue weighted by molar-refractivity contribution is 0.0913. The number of benzene rings is 1. The van der Waals surface area contributed by atoms with Crippen LogP contribution in [0.2, 0.25) is 0 Å². The third-order valence-corrected chi connectivity index (χ3v) is 8.45. The highest BCUT2D eigenvalue weighted by Crippen LogP contribution is 2.28. The number of rotatable bonds is 5. The molecule has 1 amide bonds. The zero-order chi connectivity index (χ0) is 20.0. The van der Waals surface area contributed by atoms with Gasteiger partial charge < -0.3 is 9.73 Å². The number of carbonyl (C=O) groups is 1. The maximum Gasteiger partial charge on any atom is 0.309 e. The molecule has 1 aliphatic rings. The van der Waals surface area contributed by atoms with E-state index in [2.05, 4.69) is 15.5 Å². The zero-order valence-corrected chi connectivity index (χ0v) is 16.6. The van der Waals surface area contributed by atoms with Crippen molar-refractivity contribution < 1.29 is 26.0 Å². The lowest BCUT2D eigenvalue weighted by Gasteiger charge is -2.16. The Balaban J connectivity index is 1.71. The van der Waals surface area contributed by atoms with Crippen molar-refractivity contribution in [3.63, 3.8) is 0 Å². The number of fused-ring (bicyclic) bond motifs is 1. The SMILES string of the molecule is CC(C)(c1nnc(C(=O)NCc2ccc3c(c2)CCS3(=O)=O)o1)S(C)(=O)=O. The number of aromatic nitrogens is 2. The quantitative estimate of drug-likeness (QED) is 0.753. The molecule has 1 N–H and O–H groups in total. The van der Waals surface area contributed by atoms with Crippen molar-refractivity contribution in [1.29, 1.82) is 0 Å². The highest BCUT2D eigenvalue weighted by atomic mass is 32.2. The number of hydrogen-bond acceptors (Lipinski definition) is 8. The van der Waals surface area contributed by atoms with E-state index in [0.717, 1.165) is 17.4 Å². The average molecular weight is 413 g/mol. The average Bonchev–Trinajstić information content (AvgIpc) is 3.17. The Morgan fingerprint density at radius 3 is 2.67 bits per heavy atom. The van der Waals surface area contributed by atoms with Gasteiger partial charge in [-0.3, -0.25) is 4.79 Å². The van der Waals surface area contributed by atoms with E-state index < -0.39 is 30.3 Å². The van der Waals surface area contributed by atoms with E-state index >= 15 is 0 Å². The number of nitrogens with zero attached hydrogens (tertiary/aromatic N) is 2. The van der Waals surface area contributed by atoms with E-state index in [1.807, 2.05) is 0 Å². The number of sulfone groups is 2. The maximum absolute atomic E-state index is 12.2. The Labute approximate surface area is 157 Å². The van der Waals surface area contributed by atoms with E-state index in [4.69, 9.17) is 4.42 Å². The van der Waals surface area contributed by atoms with Crippen LogP contribution in [-0.4, -0.2) is 44.9 Å². The molecular weight excluding hydrogens is 394 g/mol. The first-order chi connectivity index (χ1) is 12.4. The predicted octanol–water partition coefficient (Wildman–Crippen LogP) is 0.609. The lowest BCUT2D eigenvalue weighted by atomic mass is 10.1. The van der Waals surface area contributed by atoms with E-state index in [1.54, 1.807) is 18.2 Å². The van der Waals surface area contributed by atoms with Crippen molar-refractivity contribution >= 4 is 25.6 Å². The second-order valence-electron chi connectivity index (χ2n) is 6.89. The molecule has 0 aliphatic carbocycles. The van der Waals surface area contributed by atoms with Crippen LogP contribution in [0.1, 0.15) is 41.6 Å². The molecule has 0 saturated heterocycles. The van der Waals surface area contributed by atoms with Gasteiger partial charge in [0.25, 0.3) is 0 Å². The van der Waals surface area contributed by atoms with Crippen LogP contribution in [0.25, 0.3) is 0 Å².